The number of amides is 1. The first-order valence-electron chi connectivity index (χ1n) is 11.8. The maximum Gasteiger partial charge on any atom is 0.451 e. The number of benzene rings is 1. The molecule has 0 unspecified atom stereocenters. The van der Waals surface area contributed by atoms with E-state index in [9.17, 15) is 18.0 Å². The predicted molar refractivity (Wildman–Crippen MR) is 136 cm³/mol. The molecule has 0 atom stereocenters. The van der Waals surface area contributed by atoms with Crippen molar-refractivity contribution >= 4 is 29.5 Å². The molecule has 1 amide bonds. The van der Waals surface area contributed by atoms with Crippen molar-refractivity contribution < 1.29 is 18.0 Å². The number of nitrogens with zero attached hydrogens (tertiary/aromatic N) is 6. The summed E-state index contributed by atoms with van der Waals surface area (Å²) in [6.45, 7) is 8.30. The summed E-state index contributed by atoms with van der Waals surface area (Å²) in [6, 6.07) is 9.32. The highest BCUT2D eigenvalue weighted by Crippen LogP contribution is 2.32. The molecule has 0 spiro atoms. The Bertz CT molecular complexity index is 1290. The summed E-state index contributed by atoms with van der Waals surface area (Å²) < 4.78 is 40.6. The highest BCUT2D eigenvalue weighted by molar-refractivity contribution is 6.31. The number of alkyl halides is 3. The predicted octanol–water partition coefficient (Wildman–Crippen LogP) is 5.08. The van der Waals surface area contributed by atoms with E-state index in [-0.39, 0.29) is 24.3 Å². The Hall–Kier alpha value is -3.18. The Balaban J connectivity index is 1.57. The molecule has 1 aliphatic rings. The number of nitrogens with one attached hydrogen (secondary N) is 1. The van der Waals surface area contributed by atoms with Crippen molar-refractivity contribution in [2.45, 2.75) is 46.6 Å². The van der Waals surface area contributed by atoms with Crippen molar-refractivity contribution in [2.75, 3.05) is 30.4 Å². The molecule has 1 aliphatic heterocycles. The molecule has 8 nitrogen and oxygen atoms in total. The molecular weight excluding hydrogens is 507 g/mol. The van der Waals surface area contributed by atoms with Crippen LogP contribution in [0.1, 0.15) is 38.0 Å². The third-order valence-corrected chi connectivity index (χ3v) is 6.14. The van der Waals surface area contributed by atoms with Crippen molar-refractivity contribution in [2.24, 2.45) is 5.41 Å². The third-order valence-electron chi connectivity index (χ3n) is 5.92. The Morgan fingerprint density at radius 2 is 1.89 bits per heavy atom. The zero-order valence-electron chi connectivity index (χ0n) is 21.1. The van der Waals surface area contributed by atoms with E-state index in [1.807, 2.05) is 29.2 Å². The summed E-state index contributed by atoms with van der Waals surface area (Å²) in [5.41, 5.74) is 3.07. The molecule has 0 bridgehead atoms. The van der Waals surface area contributed by atoms with Gasteiger partial charge in [-0.05, 0) is 41.3 Å². The summed E-state index contributed by atoms with van der Waals surface area (Å²) in [7, 11) is 1.64. The van der Waals surface area contributed by atoms with Crippen molar-refractivity contribution in [1.29, 1.82) is 0 Å². The Kier molecular flexibility index (Phi) is 7.48. The fourth-order valence-corrected chi connectivity index (χ4v) is 4.38. The van der Waals surface area contributed by atoms with Gasteiger partial charge in [0.25, 0.3) is 0 Å². The molecule has 3 aromatic rings. The van der Waals surface area contributed by atoms with Gasteiger partial charge in [-0.25, -0.2) is 4.98 Å². The van der Waals surface area contributed by atoms with E-state index in [0.717, 1.165) is 21.4 Å². The molecule has 0 aliphatic carbocycles. The largest absolute Gasteiger partial charge is 0.451 e. The molecule has 12 heteroatoms. The van der Waals surface area contributed by atoms with Gasteiger partial charge in [0.1, 0.15) is 5.82 Å². The van der Waals surface area contributed by atoms with E-state index in [0.29, 0.717) is 42.6 Å². The van der Waals surface area contributed by atoms with Gasteiger partial charge >= 0.3 is 6.18 Å². The average Bonchev–Trinajstić information content (AvgIpc) is 3.25. The lowest BCUT2D eigenvalue weighted by Crippen LogP contribution is -2.34. The number of hydrogen-bond donors (Lipinski definition) is 1. The van der Waals surface area contributed by atoms with Crippen molar-refractivity contribution in [3.8, 4) is 11.3 Å². The minimum atomic E-state index is -4.53. The first kappa shape index (κ1) is 26.9. The molecule has 198 valence electrons. The molecule has 4 rings (SSSR count). The SMILES string of the molecule is CN(C=O)c1nc(-c2cc(Cl)cc(CN3CCn4c(nnc4C(F)(F)F)C3)c2)ccc1NCC(C)(C)C. The van der Waals surface area contributed by atoms with Crippen LogP contribution in [0.2, 0.25) is 5.02 Å². The first-order valence-corrected chi connectivity index (χ1v) is 12.2. The van der Waals surface area contributed by atoms with Crippen LogP contribution in [0, 0.1) is 5.41 Å². The number of pyridine rings is 1. The van der Waals surface area contributed by atoms with Gasteiger partial charge in [-0.15, -0.1) is 10.2 Å². The number of fused-ring (bicyclic) bond motifs is 1. The topological polar surface area (TPSA) is 79.2 Å². The zero-order valence-corrected chi connectivity index (χ0v) is 21.9. The van der Waals surface area contributed by atoms with Crippen LogP contribution < -0.4 is 10.2 Å². The Labute approximate surface area is 218 Å². The van der Waals surface area contributed by atoms with Gasteiger partial charge < -0.3 is 14.8 Å². The van der Waals surface area contributed by atoms with E-state index in [4.69, 9.17) is 16.6 Å². The molecule has 3 heterocycles. The molecule has 1 N–H and O–H groups in total. The number of carbonyl (C=O) groups excluding carboxylic acids is 1. The normalized spacial score (nSPS) is 14.4. The van der Waals surface area contributed by atoms with Crippen LogP contribution in [0.4, 0.5) is 24.7 Å². The van der Waals surface area contributed by atoms with Crippen LogP contribution >= 0.6 is 11.6 Å². The minimum absolute atomic E-state index is 0.0353. The monoisotopic (exact) mass is 535 g/mol. The Morgan fingerprint density at radius 3 is 2.57 bits per heavy atom. The first-order chi connectivity index (χ1) is 17.3. The molecule has 0 fully saturated rings. The summed E-state index contributed by atoms with van der Waals surface area (Å²) >= 11 is 6.44. The highest BCUT2D eigenvalue weighted by atomic mass is 35.5. The van der Waals surface area contributed by atoms with Crippen LogP contribution in [-0.4, -0.2) is 51.2 Å². The minimum Gasteiger partial charge on any atom is -0.382 e. The molecule has 37 heavy (non-hydrogen) atoms. The molecular formula is C25H29ClF3N7O. The number of carbonyl (C=O) groups is 1. The lowest BCUT2D eigenvalue weighted by atomic mass is 9.97. The van der Waals surface area contributed by atoms with Crippen LogP contribution in [0.5, 0.6) is 0 Å². The van der Waals surface area contributed by atoms with Gasteiger partial charge in [0, 0.05) is 43.8 Å². The number of halogens is 4. The van der Waals surface area contributed by atoms with Gasteiger partial charge in [0.15, 0.2) is 5.82 Å². The van der Waals surface area contributed by atoms with E-state index in [2.05, 4.69) is 36.3 Å². The Morgan fingerprint density at radius 1 is 1.14 bits per heavy atom. The zero-order chi connectivity index (χ0) is 27.0. The number of hydrogen-bond acceptors (Lipinski definition) is 6. The molecule has 2 aromatic heterocycles. The molecule has 0 saturated heterocycles. The van der Waals surface area contributed by atoms with Gasteiger partial charge in [-0.2, -0.15) is 13.2 Å². The summed E-state index contributed by atoms with van der Waals surface area (Å²) in [5, 5.41) is 11.0. The lowest BCUT2D eigenvalue weighted by Gasteiger charge is -2.28. The van der Waals surface area contributed by atoms with E-state index >= 15 is 0 Å². The number of anilines is 2. The summed E-state index contributed by atoms with van der Waals surface area (Å²) in [6.07, 6.45) is -3.83. The molecule has 0 saturated carbocycles. The maximum absolute atomic E-state index is 13.1. The molecule has 0 radical (unpaired) electrons. The maximum atomic E-state index is 13.1. The number of aromatic nitrogens is 4. The second-order valence-corrected chi connectivity index (χ2v) is 10.8. The lowest BCUT2D eigenvalue weighted by molar-refractivity contribution is -0.148. The van der Waals surface area contributed by atoms with Crippen LogP contribution in [0.15, 0.2) is 30.3 Å². The number of rotatable bonds is 7. The second kappa shape index (κ2) is 10.3. The van der Waals surface area contributed by atoms with Gasteiger partial charge in [0.05, 0.1) is 17.9 Å². The summed E-state index contributed by atoms with van der Waals surface area (Å²) in [4.78, 5) is 19.7. The smallest absolute Gasteiger partial charge is 0.382 e. The van der Waals surface area contributed by atoms with Crippen LogP contribution in [0.3, 0.4) is 0 Å². The average molecular weight is 536 g/mol. The van der Waals surface area contributed by atoms with Crippen molar-refractivity contribution in [3.63, 3.8) is 0 Å². The second-order valence-electron chi connectivity index (χ2n) is 10.3. The highest BCUT2D eigenvalue weighted by Gasteiger charge is 2.39. The van der Waals surface area contributed by atoms with Gasteiger partial charge in [-0.1, -0.05) is 32.4 Å². The van der Waals surface area contributed by atoms with E-state index < -0.39 is 12.0 Å². The fraction of sp³-hybridized carbons (Fsp3) is 0.440. The van der Waals surface area contributed by atoms with Crippen LogP contribution in [-0.2, 0) is 30.6 Å². The third kappa shape index (κ3) is 6.40. The van der Waals surface area contributed by atoms with Gasteiger partial charge in [0.2, 0.25) is 12.2 Å². The van der Waals surface area contributed by atoms with Crippen molar-refractivity contribution in [3.05, 3.63) is 52.6 Å². The van der Waals surface area contributed by atoms with Crippen molar-refractivity contribution in [1.82, 2.24) is 24.6 Å². The van der Waals surface area contributed by atoms with Gasteiger partial charge in [-0.3, -0.25) is 9.69 Å². The fourth-order valence-electron chi connectivity index (χ4n) is 4.13. The summed E-state index contributed by atoms with van der Waals surface area (Å²) in [5.74, 6) is -0.189. The van der Waals surface area contributed by atoms with Crippen LogP contribution in [0.25, 0.3) is 11.3 Å². The standard InChI is InChI=1S/C25H29ClF3N7O/c1-24(2,3)14-30-20-6-5-19(31-22(20)34(4)15-37)17-9-16(10-18(26)11-17)12-35-7-8-36-21(13-35)32-33-23(36)25(27,28)29/h5-6,9-11,15,30H,7-8,12-14H2,1-4H3. The van der Waals surface area contributed by atoms with E-state index in [1.54, 1.807) is 13.1 Å². The van der Waals surface area contributed by atoms with E-state index in [1.165, 1.54) is 4.90 Å². The quantitative estimate of drug-likeness (QED) is 0.425. The molecule has 1 aromatic carbocycles.